The monoisotopic (exact) mass is 283 g/mol. The van der Waals surface area contributed by atoms with Gasteiger partial charge in [0.15, 0.2) is 0 Å². The van der Waals surface area contributed by atoms with Gasteiger partial charge in [-0.2, -0.15) is 11.3 Å². The first-order chi connectivity index (χ1) is 9.19. The summed E-state index contributed by atoms with van der Waals surface area (Å²) in [5.74, 6) is 0. The molecule has 0 bridgehead atoms. The molecule has 2 amide bonds. The third-order valence-electron chi connectivity index (χ3n) is 3.37. The highest BCUT2D eigenvalue weighted by Crippen LogP contribution is 2.13. The predicted molar refractivity (Wildman–Crippen MR) is 77.6 cm³/mol. The minimum absolute atomic E-state index is 0.0333. The Kier molecular flexibility index (Phi) is 5.18. The van der Waals surface area contributed by atoms with Gasteiger partial charge < -0.3 is 15.3 Å². The Morgan fingerprint density at radius 3 is 2.79 bits per heavy atom. The highest BCUT2D eigenvalue weighted by Gasteiger charge is 2.22. The van der Waals surface area contributed by atoms with Crippen LogP contribution in [0.15, 0.2) is 16.8 Å². The van der Waals surface area contributed by atoms with Crippen LogP contribution in [0.5, 0.6) is 0 Å². The van der Waals surface area contributed by atoms with Gasteiger partial charge >= 0.3 is 6.03 Å². The summed E-state index contributed by atoms with van der Waals surface area (Å²) < 4.78 is 0. The van der Waals surface area contributed by atoms with E-state index in [1.807, 2.05) is 28.7 Å². The lowest BCUT2D eigenvalue weighted by atomic mass is 10.2. The average molecular weight is 283 g/mol. The molecule has 2 rings (SSSR count). The minimum atomic E-state index is -0.258. The lowest BCUT2D eigenvalue weighted by Crippen LogP contribution is -2.51. The summed E-state index contributed by atoms with van der Waals surface area (Å²) in [6, 6.07) is 1.87. The van der Waals surface area contributed by atoms with Gasteiger partial charge in [-0.3, -0.25) is 4.90 Å². The molecule has 19 heavy (non-hydrogen) atoms. The number of nitrogens with one attached hydrogen (secondary N) is 1. The van der Waals surface area contributed by atoms with Crippen molar-refractivity contribution in [2.75, 3.05) is 38.0 Å². The quantitative estimate of drug-likeness (QED) is 0.884. The first kappa shape index (κ1) is 14.3. The largest absolute Gasteiger partial charge is 0.392 e. The van der Waals surface area contributed by atoms with Crippen molar-refractivity contribution in [3.05, 3.63) is 16.8 Å². The molecule has 2 N–H and O–H groups in total. The molecule has 1 aromatic heterocycles. The van der Waals surface area contributed by atoms with Gasteiger partial charge in [-0.25, -0.2) is 4.79 Å². The standard InChI is InChI=1S/C13H21N3O2S/c1-2-12(17)9-15-4-6-16(7-5-15)13(18)14-11-3-8-19-10-11/h3,8,10,12,17H,2,4-7,9H2,1H3,(H,14,18). The Hall–Kier alpha value is -1.11. The zero-order chi connectivity index (χ0) is 13.7. The lowest BCUT2D eigenvalue weighted by molar-refractivity contribution is 0.0812. The van der Waals surface area contributed by atoms with Crippen LogP contribution in [0.3, 0.4) is 0 Å². The van der Waals surface area contributed by atoms with Crippen molar-refractivity contribution >= 4 is 23.1 Å². The van der Waals surface area contributed by atoms with Crippen LogP contribution < -0.4 is 5.32 Å². The third kappa shape index (κ3) is 4.19. The number of nitrogens with zero attached hydrogens (tertiary/aromatic N) is 2. The number of carbonyl (C=O) groups excluding carboxylic acids is 1. The Morgan fingerprint density at radius 1 is 1.47 bits per heavy atom. The van der Waals surface area contributed by atoms with Gasteiger partial charge in [0.1, 0.15) is 0 Å². The van der Waals surface area contributed by atoms with Crippen molar-refractivity contribution < 1.29 is 9.90 Å². The summed E-state index contributed by atoms with van der Waals surface area (Å²) in [6.07, 6.45) is 0.518. The molecular formula is C13H21N3O2S. The number of urea groups is 1. The molecule has 106 valence electrons. The molecule has 1 aliphatic rings. The number of aliphatic hydroxyl groups excluding tert-OH is 1. The van der Waals surface area contributed by atoms with Crippen LogP contribution in [0.1, 0.15) is 13.3 Å². The van der Waals surface area contributed by atoms with Gasteiger partial charge in [-0.05, 0) is 17.9 Å². The van der Waals surface area contributed by atoms with Gasteiger partial charge in [0.25, 0.3) is 0 Å². The highest BCUT2D eigenvalue weighted by atomic mass is 32.1. The predicted octanol–water partition coefficient (Wildman–Crippen LogP) is 1.67. The van der Waals surface area contributed by atoms with Gasteiger partial charge in [0, 0.05) is 38.1 Å². The Bertz CT molecular complexity index is 389. The number of thiophene rings is 1. The van der Waals surface area contributed by atoms with E-state index < -0.39 is 0 Å². The van der Waals surface area contributed by atoms with Crippen molar-refractivity contribution in [3.8, 4) is 0 Å². The summed E-state index contributed by atoms with van der Waals surface area (Å²) in [5.41, 5.74) is 0.860. The van der Waals surface area contributed by atoms with E-state index >= 15 is 0 Å². The fourth-order valence-corrected chi connectivity index (χ4v) is 2.69. The molecule has 0 aliphatic carbocycles. The van der Waals surface area contributed by atoms with E-state index in [9.17, 15) is 9.90 Å². The lowest BCUT2D eigenvalue weighted by Gasteiger charge is -2.35. The Balaban J connectivity index is 1.75. The zero-order valence-corrected chi connectivity index (χ0v) is 12.0. The van der Waals surface area contributed by atoms with Crippen LogP contribution in [0.2, 0.25) is 0 Å². The summed E-state index contributed by atoms with van der Waals surface area (Å²) in [7, 11) is 0. The smallest absolute Gasteiger partial charge is 0.321 e. The summed E-state index contributed by atoms with van der Waals surface area (Å²) >= 11 is 1.57. The van der Waals surface area contributed by atoms with E-state index in [0.29, 0.717) is 19.6 Å². The van der Waals surface area contributed by atoms with E-state index in [-0.39, 0.29) is 12.1 Å². The molecule has 1 aromatic rings. The zero-order valence-electron chi connectivity index (χ0n) is 11.2. The maximum atomic E-state index is 12.0. The molecule has 0 radical (unpaired) electrons. The normalized spacial score (nSPS) is 18.3. The van der Waals surface area contributed by atoms with Gasteiger partial charge in [-0.1, -0.05) is 6.92 Å². The van der Waals surface area contributed by atoms with E-state index in [4.69, 9.17) is 0 Å². The van der Waals surface area contributed by atoms with Crippen LogP contribution >= 0.6 is 11.3 Å². The topological polar surface area (TPSA) is 55.8 Å². The second-order valence-corrected chi connectivity index (χ2v) is 5.57. The van der Waals surface area contributed by atoms with Crippen molar-refractivity contribution in [2.24, 2.45) is 0 Å². The first-order valence-corrected chi connectivity index (χ1v) is 7.62. The molecular weight excluding hydrogens is 262 g/mol. The molecule has 1 atom stereocenters. The number of hydrogen-bond acceptors (Lipinski definition) is 4. The fourth-order valence-electron chi connectivity index (χ4n) is 2.10. The number of rotatable bonds is 4. The minimum Gasteiger partial charge on any atom is -0.392 e. The van der Waals surface area contributed by atoms with Crippen LogP contribution in [0.4, 0.5) is 10.5 Å². The number of anilines is 1. The summed E-state index contributed by atoms with van der Waals surface area (Å²) in [5, 5.41) is 16.4. The Labute approximate surface area is 117 Å². The number of carbonyl (C=O) groups is 1. The Morgan fingerprint density at radius 2 is 2.21 bits per heavy atom. The second-order valence-electron chi connectivity index (χ2n) is 4.79. The molecule has 0 saturated carbocycles. The van der Waals surface area contributed by atoms with Crippen LogP contribution in [0.25, 0.3) is 0 Å². The molecule has 0 spiro atoms. The SMILES string of the molecule is CCC(O)CN1CCN(C(=O)Nc2ccsc2)CC1. The molecule has 1 aliphatic heterocycles. The highest BCUT2D eigenvalue weighted by molar-refractivity contribution is 7.08. The van der Waals surface area contributed by atoms with Crippen molar-refractivity contribution in [2.45, 2.75) is 19.4 Å². The number of aliphatic hydroxyl groups is 1. The summed E-state index contributed by atoms with van der Waals surface area (Å²) in [4.78, 5) is 16.0. The molecule has 5 nitrogen and oxygen atoms in total. The van der Waals surface area contributed by atoms with Crippen molar-refractivity contribution in [1.29, 1.82) is 0 Å². The van der Waals surface area contributed by atoms with E-state index in [0.717, 1.165) is 25.2 Å². The number of piperazine rings is 1. The fraction of sp³-hybridized carbons (Fsp3) is 0.615. The number of β-amino-alcohol motifs (C(OH)–C–C–N with tert-alkyl or cyclic N) is 1. The van der Waals surface area contributed by atoms with Gasteiger partial charge in [0.2, 0.25) is 0 Å². The number of hydrogen-bond donors (Lipinski definition) is 2. The third-order valence-corrected chi connectivity index (χ3v) is 4.06. The molecule has 1 fully saturated rings. The van der Waals surface area contributed by atoms with E-state index in [2.05, 4.69) is 10.2 Å². The average Bonchev–Trinajstić information content (AvgIpc) is 2.92. The number of amides is 2. The maximum Gasteiger partial charge on any atom is 0.321 e. The first-order valence-electron chi connectivity index (χ1n) is 6.67. The second kappa shape index (κ2) is 6.88. The van der Waals surface area contributed by atoms with Crippen LogP contribution in [-0.4, -0.2) is 59.8 Å². The molecule has 2 heterocycles. The van der Waals surface area contributed by atoms with Crippen LogP contribution in [0, 0.1) is 0 Å². The van der Waals surface area contributed by atoms with Gasteiger partial charge in [0.05, 0.1) is 11.8 Å². The van der Waals surface area contributed by atoms with Gasteiger partial charge in [-0.15, -0.1) is 0 Å². The molecule has 6 heteroatoms. The van der Waals surface area contributed by atoms with Crippen molar-refractivity contribution in [1.82, 2.24) is 9.80 Å². The van der Waals surface area contributed by atoms with Crippen molar-refractivity contribution in [3.63, 3.8) is 0 Å². The van der Waals surface area contributed by atoms with E-state index in [1.165, 1.54) is 0 Å². The van der Waals surface area contributed by atoms with Crippen LogP contribution in [-0.2, 0) is 0 Å². The maximum absolute atomic E-state index is 12.0. The van der Waals surface area contributed by atoms with E-state index in [1.54, 1.807) is 11.3 Å². The molecule has 1 saturated heterocycles. The summed E-state index contributed by atoms with van der Waals surface area (Å²) in [6.45, 7) is 5.77. The molecule has 1 unspecified atom stereocenters. The molecule has 0 aromatic carbocycles.